The van der Waals surface area contributed by atoms with Crippen LogP contribution >= 0.6 is 0 Å². The van der Waals surface area contributed by atoms with E-state index < -0.39 is 16.0 Å². The van der Waals surface area contributed by atoms with Gasteiger partial charge in [-0.3, -0.25) is 9.10 Å². The topological polar surface area (TPSA) is 84.0 Å². The van der Waals surface area contributed by atoms with E-state index in [1.807, 2.05) is 0 Å². The van der Waals surface area contributed by atoms with Gasteiger partial charge in [0, 0.05) is 26.1 Å². The van der Waals surface area contributed by atoms with Crippen LogP contribution in [0.4, 0.5) is 5.69 Å². The molecule has 1 heterocycles. The van der Waals surface area contributed by atoms with E-state index in [4.69, 9.17) is 4.74 Å². The van der Waals surface area contributed by atoms with Crippen LogP contribution in [0.2, 0.25) is 0 Å². The van der Waals surface area contributed by atoms with Gasteiger partial charge >= 0.3 is 5.97 Å². The fraction of sp³-hybridized carbons (Fsp3) is 0.579. The molecule has 1 aliphatic rings. The minimum atomic E-state index is -3.67. The molecule has 1 unspecified atom stereocenters. The second-order valence-corrected chi connectivity index (χ2v) is 8.82. The zero-order valence-corrected chi connectivity index (χ0v) is 17.0. The van der Waals surface area contributed by atoms with E-state index in [9.17, 15) is 18.0 Å². The number of carbonyl (C=O) groups is 2. The number of piperidine rings is 1. The van der Waals surface area contributed by atoms with Crippen LogP contribution < -0.4 is 4.31 Å². The minimum absolute atomic E-state index is 0.0149. The highest BCUT2D eigenvalue weighted by Crippen LogP contribution is 2.24. The summed E-state index contributed by atoms with van der Waals surface area (Å²) in [7, 11) is -3.67. The second-order valence-electron chi connectivity index (χ2n) is 6.91. The van der Waals surface area contributed by atoms with E-state index in [1.165, 1.54) is 6.07 Å². The molecule has 1 aromatic carbocycles. The van der Waals surface area contributed by atoms with Gasteiger partial charge in [-0.2, -0.15) is 0 Å². The molecule has 0 spiro atoms. The standard InChI is InChI=1S/C19H28N2O5S/c1-4-26-19(23)16-9-5-6-10-17(16)21(27(3,24)25)13-11-18(22)20-12-7-8-15(2)14-20/h5-6,9-10,15H,4,7-8,11-14H2,1-3H3. The van der Waals surface area contributed by atoms with Crippen molar-refractivity contribution in [1.29, 1.82) is 0 Å². The number of nitrogens with zero attached hydrogens (tertiary/aromatic N) is 2. The quantitative estimate of drug-likeness (QED) is 0.660. The Kier molecular flexibility index (Phi) is 7.24. The van der Waals surface area contributed by atoms with Crippen molar-refractivity contribution in [1.82, 2.24) is 4.90 Å². The third-order valence-electron chi connectivity index (χ3n) is 4.61. The summed E-state index contributed by atoms with van der Waals surface area (Å²) in [6.45, 7) is 5.39. The van der Waals surface area contributed by atoms with E-state index in [0.29, 0.717) is 19.0 Å². The van der Waals surface area contributed by atoms with Crippen molar-refractivity contribution in [3.8, 4) is 0 Å². The summed E-state index contributed by atoms with van der Waals surface area (Å²) in [5.74, 6) is -0.194. The molecule has 0 saturated carbocycles. The fourth-order valence-corrected chi connectivity index (χ4v) is 4.25. The molecule has 0 aliphatic carbocycles. The number of carbonyl (C=O) groups excluding carboxylic acids is 2. The van der Waals surface area contributed by atoms with Gasteiger partial charge in [0.1, 0.15) is 0 Å². The lowest BCUT2D eigenvalue weighted by molar-refractivity contribution is -0.132. The smallest absolute Gasteiger partial charge is 0.340 e. The summed E-state index contributed by atoms with van der Waals surface area (Å²) in [4.78, 5) is 26.5. The molecule has 0 N–H and O–H groups in total. The Balaban J connectivity index is 2.20. The molecule has 1 aliphatic heterocycles. The van der Waals surface area contributed by atoms with Crippen molar-refractivity contribution in [2.45, 2.75) is 33.1 Å². The molecule has 7 nitrogen and oxygen atoms in total. The van der Waals surface area contributed by atoms with Crippen molar-refractivity contribution in [3.05, 3.63) is 29.8 Å². The highest BCUT2D eigenvalue weighted by Gasteiger charge is 2.26. The zero-order chi connectivity index (χ0) is 20.0. The molecule has 8 heteroatoms. The number of likely N-dealkylation sites (tertiary alicyclic amines) is 1. The van der Waals surface area contributed by atoms with E-state index in [1.54, 1.807) is 30.0 Å². The second kappa shape index (κ2) is 9.21. The van der Waals surface area contributed by atoms with Gasteiger partial charge in [0.25, 0.3) is 0 Å². The molecule has 2 rings (SSSR count). The molecule has 1 amide bonds. The molecular formula is C19H28N2O5S. The van der Waals surface area contributed by atoms with Crippen molar-refractivity contribution < 1.29 is 22.7 Å². The van der Waals surface area contributed by atoms with Crippen LogP contribution in [0.3, 0.4) is 0 Å². The number of para-hydroxylation sites is 1. The number of benzene rings is 1. The number of esters is 1. The Bertz CT molecular complexity index is 778. The molecule has 1 atom stereocenters. The van der Waals surface area contributed by atoms with Gasteiger partial charge in [0.05, 0.1) is 24.1 Å². The molecule has 0 bridgehead atoms. The number of hydrogen-bond donors (Lipinski definition) is 0. The number of sulfonamides is 1. The minimum Gasteiger partial charge on any atom is -0.462 e. The van der Waals surface area contributed by atoms with Gasteiger partial charge in [0.15, 0.2) is 0 Å². The fourth-order valence-electron chi connectivity index (χ4n) is 3.31. The van der Waals surface area contributed by atoms with Crippen LogP contribution in [0.5, 0.6) is 0 Å². The molecule has 150 valence electrons. The van der Waals surface area contributed by atoms with Gasteiger partial charge in [0.2, 0.25) is 15.9 Å². The summed E-state index contributed by atoms with van der Waals surface area (Å²) >= 11 is 0. The molecular weight excluding hydrogens is 368 g/mol. The highest BCUT2D eigenvalue weighted by atomic mass is 32.2. The first-order valence-corrected chi connectivity index (χ1v) is 11.1. The number of amides is 1. The van der Waals surface area contributed by atoms with Crippen molar-refractivity contribution in [2.75, 3.05) is 36.8 Å². The maximum Gasteiger partial charge on any atom is 0.340 e. The van der Waals surface area contributed by atoms with Gasteiger partial charge in [-0.15, -0.1) is 0 Å². The average molecular weight is 397 g/mol. The number of rotatable bonds is 7. The third-order valence-corrected chi connectivity index (χ3v) is 5.79. The van der Waals surface area contributed by atoms with Crippen molar-refractivity contribution in [2.24, 2.45) is 5.92 Å². The number of hydrogen-bond acceptors (Lipinski definition) is 5. The summed E-state index contributed by atoms with van der Waals surface area (Å²) in [6, 6.07) is 6.39. The molecule has 27 heavy (non-hydrogen) atoms. The number of anilines is 1. The summed E-state index contributed by atoms with van der Waals surface area (Å²) in [5.41, 5.74) is 0.405. The summed E-state index contributed by atoms with van der Waals surface area (Å²) in [5, 5.41) is 0. The van der Waals surface area contributed by atoms with E-state index >= 15 is 0 Å². The maximum absolute atomic E-state index is 12.5. The molecule has 0 radical (unpaired) electrons. The largest absolute Gasteiger partial charge is 0.462 e. The Morgan fingerprint density at radius 2 is 2.00 bits per heavy atom. The predicted octanol–water partition coefficient (Wildman–Crippen LogP) is 2.28. The molecule has 1 aromatic rings. The SMILES string of the molecule is CCOC(=O)c1ccccc1N(CCC(=O)N1CCCC(C)C1)S(C)(=O)=O. The van der Waals surface area contributed by atoms with Crippen molar-refractivity contribution >= 4 is 27.6 Å². The summed E-state index contributed by atoms with van der Waals surface area (Å²) in [6.07, 6.45) is 3.21. The highest BCUT2D eigenvalue weighted by molar-refractivity contribution is 7.92. The van der Waals surface area contributed by atoms with Gasteiger partial charge in [-0.1, -0.05) is 19.1 Å². The van der Waals surface area contributed by atoms with Crippen LogP contribution in [0.25, 0.3) is 0 Å². The van der Waals surface area contributed by atoms with Gasteiger partial charge < -0.3 is 9.64 Å². The lowest BCUT2D eigenvalue weighted by Crippen LogP contribution is -2.41. The maximum atomic E-state index is 12.5. The third kappa shape index (κ3) is 5.69. The first-order valence-electron chi connectivity index (χ1n) is 9.25. The first kappa shape index (κ1) is 21.2. The van der Waals surface area contributed by atoms with Crippen molar-refractivity contribution in [3.63, 3.8) is 0 Å². The lowest BCUT2D eigenvalue weighted by atomic mass is 10.00. The van der Waals surface area contributed by atoms with E-state index in [0.717, 1.165) is 23.4 Å². The van der Waals surface area contributed by atoms with Crippen LogP contribution in [0.1, 0.15) is 43.5 Å². The zero-order valence-electron chi connectivity index (χ0n) is 16.2. The molecule has 1 saturated heterocycles. The average Bonchev–Trinajstić information content (AvgIpc) is 2.61. The lowest BCUT2D eigenvalue weighted by Gasteiger charge is -2.32. The van der Waals surface area contributed by atoms with Crippen LogP contribution in [-0.4, -0.2) is 57.7 Å². The van der Waals surface area contributed by atoms with Crippen LogP contribution in [0.15, 0.2) is 24.3 Å². The van der Waals surface area contributed by atoms with E-state index in [2.05, 4.69) is 6.92 Å². The van der Waals surface area contributed by atoms with Gasteiger partial charge in [-0.05, 0) is 37.8 Å². The Morgan fingerprint density at radius 3 is 2.63 bits per heavy atom. The molecule has 0 aromatic heterocycles. The van der Waals surface area contributed by atoms with Gasteiger partial charge in [-0.25, -0.2) is 13.2 Å². The first-order chi connectivity index (χ1) is 12.7. The van der Waals surface area contributed by atoms with E-state index in [-0.39, 0.29) is 36.7 Å². The van der Waals surface area contributed by atoms with Crippen LogP contribution in [-0.2, 0) is 19.6 Å². The van der Waals surface area contributed by atoms with Crippen LogP contribution in [0, 0.1) is 5.92 Å². The Morgan fingerprint density at radius 1 is 1.30 bits per heavy atom. The Hall–Kier alpha value is -2.09. The normalized spacial score (nSPS) is 17.4. The number of ether oxygens (including phenoxy) is 1. The monoisotopic (exact) mass is 396 g/mol. The predicted molar refractivity (Wildman–Crippen MR) is 104 cm³/mol. The Labute approximate surface area is 161 Å². The summed E-state index contributed by atoms with van der Waals surface area (Å²) < 4.78 is 30.9. The molecule has 1 fully saturated rings.